The molecule has 0 spiro atoms. The van der Waals surface area contributed by atoms with E-state index in [1.165, 1.54) is 0 Å². The highest BCUT2D eigenvalue weighted by atomic mass is 16.5. The molecule has 2 aromatic heterocycles. The van der Waals surface area contributed by atoms with Crippen LogP contribution in [0.5, 0.6) is 11.6 Å². The molecule has 0 unspecified atom stereocenters. The molecule has 4 rings (SSSR count). The van der Waals surface area contributed by atoms with Crippen LogP contribution in [0.4, 0.5) is 0 Å². The molecule has 1 fully saturated rings. The van der Waals surface area contributed by atoms with Crippen molar-refractivity contribution in [3.8, 4) is 23.0 Å². The molecule has 25 heavy (non-hydrogen) atoms. The van der Waals surface area contributed by atoms with Crippen LogP contribution < -0.4 is 10.1 Å². The maximum Gasteiger partial charge on any atom is 0.246 e. The number of nitrogens with one attached hydrogen (secondary N) is 1. The second-order valence-electron chi connectivity index (χ2n) is 5.78. The van der Waals surface area contributed by atoms with Gasteiger partial charge in [-0.1, -0.05) is 23.4 Å². The lowest BCUT2D eigenvalue weighted by atomic mass is 10.2. The van der Waals surface area contributed by atoms with Crippen LogP contribution in [0.3, 0.4) is 0 Å². The number of para-hydroxylation sites is 1. The normalized spacial score (nSPS) is 13.4. The maximum atomic E-state index is 11.7. The predicted octanol–water partition coefficient (Wildman–Crippen LogP) is 2.95. The zero-order chi connectivity index (χ0) is 17.1. The molecule has 3 aromatic rings. The maximum absolute atomic E-state index is 11.7. The highest BCUT2D eigenvalue weighted by Gasteiger charge is 2.29. The Hall–Kier alpha value is -3.22. The van der Waals surface area contributed by atoms with E-state index in [0.717, 1.165) is 12.8 Å². The highest BCUT2D eigenvalue weighted by molar-refractivity contribution is 5.80. The topological polar surface area (TPSA) is 90.1 Å². The molecule has 1 saturated carbocycles. The quantitative estimate of drug-likeness (QED) is 0.744. The Kier molecular flexibility index (Phi) is 4.12. The number of pyridine rings is 1. The van der Waals surface area contributed by atoms with E-state index in [4.69, 9.17) is 9.26 Å². The molecule has 0 aliphatic heterocycles. The van der Waals surface area contributed by atoms with Gasteiger partial charge in [-0.05, 0) is 37.1 Å². The van der Waals surface area contributed by atoms with Crippen LogP contribution >= 0.6 is 0 Å². The Morgan fingerprint density at radius 1 is 1.20 bits per heavy atom. The second kappa shape index (κ2) is 6.72. The van der Waals surface area contributed by atoms with Gasteiger partial charge in [-0.15, -0.1) is 0 Å². The first-order valence-electron chi connectivity index (χ1n) is 8.08. The van der Waals surface area contributed by atoms with Crippen molar-refractivity contribution in [2.45, 2.75) is 19.4 Å². The predicted molar refractivity (Wildman–Crippen MR) is 88.6 cm³/mol. The molecule has 2 heterocycles. The first kappa shape index (κ1) is 15.3. The number of rotatable bonds is 6. The van der Waals surface area contributed by atoms with Crippen molar-refractivity contribution >= 4 is 5.91 Å². The molecule has 7 heteroatoms. The van der Waals surface area contributed by atoms with Crippen molar-refractivity contribution in [3.63, 3.8) is 0 Å². The van der Waals surface area contributed by atoms with Gasteiger partial charge < -0.3 is 14.6 Å². The number of nitrogens with zero attached hydrogens (tertiary/aromatic N) is 3. The van der Waals surface area contributed by atoms with Gasteiger partial charge in [-0.25, -0.2) is 4.98 Å². The van der Waals surface area contributed by atoms with Gasteiger partial charge in [0.05, 0.1) is 12.1 Å². The zero-order valence-corrected chi connectivity index (χ0v) is 13.4. The lowest BCUT2D eigenvalue weighted by molar-refractivity contribution is -0.122. The summed E-state index contributed by atoms with van der Waals surface area (Å²) in [5.41, 5.74) is 0.620. The minimum Gasteiger partial charge on any atom is -0.438 e. The number of amides is 1. The first-order chi connectivity index (χ1) is 12.3. The van der Waals surface area contributed by atoms with E-state index in [9.17, 15) is 4.79 Å². The third-order valence-corrected chi connectivity index (χ3v) is 3.80. The molecular formula is C18H16N4O3. The van der Waals surface area contributed by atoms with Gasteiger partial charge in [-0.3, -0.25) is 4.79 Å². The van der Waals surface area contributed by atoms with Crippen molar-refractivity contribution in [2.24, 2.45) is 5.92 Å². The minimum atomic E-state index is 0.0363. The minimum absolute atomic E-state index is 0.0363. The summed E-state index contributed by atoms with van der Waals surface area (Å²) in [7, 11) is 0. The fourth-order valence-electron chi connectivity index (χ4n) is 2.33. The number of benzene rings is 1. The number of carbonyl (C=O) groups excluding carboxylic acids is 1. The van der Waals surface area contributed by atoms with E-state index in [0.29, 0.717) is 28.9 Å². The third-order valence-electron chi connectivity index (χ3n) is 3.80. The van der Waals surface area contributed by atoms with Gasteiger partial charge in [0.15, 0.2) is 0 Å². The zero-order valence-electron chi connectivity index (χ0n) is 13.4. The summed E-state index contributed by atoms with van der Waals surface area (Å²) in [6.07, 6.45) is 3.55. The summed E-state index contributed by atoms with van der Waals surface area (Å²) in [4.78, 5) is 20.3. The van der Waals surface area contributed by atoms with Crippen molar-refractivity contribution in [3.05, 3.63) is 54.6 Å². The lowest BCUT2D eigenvalue weighted by Gasteiger charge is -2.06. The molecule has 0 atom stereocenters. The molecule has 1 aromatic carbocycles. The van der Waals surface area contributed by atoms with E-state index in [1.807, 2.05) is 36.4 Å². The molecule has 1 amide bonds. The molecule has 1 aliphatic carbocycles. The van der Waals surface area contributed by atoms with E-state index in [2.05, 4.69) is 20.4 Å². The Morgan fingerprint density at radius 3 is 2.84 bits per heavy atom. The van der Waals surface area contributed by atoms with Gasteiger partial charge in [0.1, 0.15) is 5.75 Å². The standard InChI is InChI=1S/C18H16N4O3/c23-17(12-8-9-12)20-11-15-21-16(22-25-15)14-7-4-10-19-18(14)24-13-5-2-1-3-6-13/h1-7,10,12H,8-9,11H2,(H,20,23). The van der Waals surface area contributed by atoms with Crippen molar-refractivity contribution < 1.29 is 14.1 Å². The van der Waals surface area contributed by atoms with Crippen molar-refractivity contribution in [1.29, 1.82) is 0 Å². The van der Waals surface area contributed by atoms with Gasteiger partial charge in [0, 0.05) is 12.1 Å². The fraction of sp³-hybridized carbons (Fsp3) is 0.222. The number of hydrogen-bond acceptors (Lipinski definition) is 6. The summed E-state index contributed by atoms with van der Waals surface area (Å²) in [6, 6.07) is 12.9. The first-order valence-corrected chi connectivity index (χ1v) is 8.08. The average Bonchev–Trinajstić information content (AvgIpc) is 3.40. The molecule has 1 aliphatic rings. The lowest BCUT2D eigenvalue weighted by Crippen LogP contribution is -2.24. The summed E-state index contributed by atoms with van der Waals surface area (Å²) in [5, 5.41) is 6.77. The summed E-state index contributed by atoms with van der Waals surface area (Å²) < 4.78 is 11.0. The van der Waals surface area contributed by atoms with E-state index in [-0.39, 0.29) is 18.4 Å². The van der Waals surface area contributed by atoms with E-state index in [1.54, 1.807) is 12.3 Å². The van der Waals surface area contributed by atoms with Crippen LogP contribution in [0.25, 0.3) is 11.4 Å². The molecule has 126 valence electrons. The van der Waals surface area contributed by atoms with Gasteiger partial charge >= 0.3 is 0 Å². The Labute approximate surface area is 144 Å². The van der Waals surface area contributed by atoms with Crippen molar-refractivity contribution in [2.75, 3.05) is 0 Å². The van der Waals surface area contributed by atoms with Crippen LogP contribution in [0.15, 0.2) is 53.2 Å². The van der Waals surface area contributed by atoms with Crippen LogP contribution in [0, 0.1) is 5.92 Å². The summed E-state index contributed by atoms with van der Waals surface area (Å²) >= 11 is 0. The molecule has 0 radical (unpaired) electrons. The number of aromatic nitrogens is 3. The summed E-state index contributed by atoms with van der Waals surface area (Å²) in [6.45, 7) is 0.220. The highest BCUT2D eigenvalue weighted by Crippen LogP contribution is 2.30. The Balaban J connectivity index is 1.50. The second-order valence-corrected chi connectivity index (χ2v) is 5.78. The third kappa shape index (κ3) is 3.65. The smallest absolute Gasteiger partial charge is 0.246 e. The molecule has 7 nitrogen and oxygen atoms in total. The average molecular weight is 336 g/mol. The molecule has 1 N–H and O–H groups in total. The fourth-order valence-corrected chi connectivity index (χ4v) is 2.33. The van der Waals surface area contributed by atoms with Crippen LogP contribution in [-0.2, 0) is 11.3 Å². The van der Waals surface area contributed by atoms with Gasteiger partial charge in [0.25, 0.3) is 0 Å². The van der Waals surface area contributed by atoms with E-state index < -0.39 is 0 Å². The Bertz CT molecular complexity index is 875. The number of carbonyl (C=O) groups is 1. The largest absolute Gasteiger partial charge is 0.438 e. The van der Waals surface area contributed by atoms with Crippen LogP contribution in [-0.4, -0.2) is 21.0 Å². The Morgan fingerprint density at radius 2 is 2.04 bits per heavy atom. The molecule has 0 saturated heterocycles. The number of hydrogen-bond donors (Lipinski definition) is 1. The van der Waals surface area contributed by atoms with Crippen LogP contribution in [0.2, 0.25) is 0 Å². The molecule has 0 bridgehead atoms. The van der Waals surface area contributed by atoms with E-state index >= 15 is 0 Å². The monoisotopic (exact) mass is 336 g/mol. The molecular weight excluding hydrogens is 320 g/mol. The van der Waals surface area contributed by atoms with Crippen molar-refractivity contribution in [1.82, 2.24) is 20.4 Å². The van der Waals surface area contributed by atoms with Crippen LogP contribution in [0.1, 0.15) is 18.7 Å². The number of ether oxygens (including phenoxy) is 1. The van der Waals surface area contributed by atoms with Gasteiger partial charge in [0.2, 0.25) is 23.5 Å². The van der Waals surface area contributed by atoms with Gasteiger partial charge in [-0.2, -0.15) is 4.98 Å². The summed E-state index contributed by atoms with van der Waals surface area (Å²) in [5.74, 6) is 1.96. The SMILES string of the molecule is O=C(NCc1nc(-c2cccnc2Oc2ccccc2)no1)C1CC1.